The van der Waals surface area contributed by atoms with Crippen LogP contribution in [0.2, 0.25) is 10.0 Å². The SMILES string of the molecule is CN(Cc1cccc(Cl)c1Cl)C(=O)c1ccc2c(c1)CCN2S(C)(=O)=O. The minimum atomic E-state index is -3.30. The highest BCUT2D eigenvalue weighted by Crippen LogP contribution is 2.31. The number of carbonyl (C=O) groups is 1. The van der Waals surface area contributed by atoms with E-state index in [1.165, 1.54) is 10.6 Å². The summed E-state index contributed by atoms with van der Waals surface area (Å²) < 4.78 is 25.0. The Hall–Kier alpha value is -1.76. The van der Waals surface area contributed by atoms with Crippen LogP contribution in [-0.4, -0.2) is 39.1 Å². The highest BCUT2D eigenvalue weighted by Gasteiger charge is 2.27. The molecule has 26 heavy (non-hydrogen) atoms. The zero-order chi connectivity index (χ0) is 19.1. The van der Waals surface area contributed by atoms with Crippen LogP contribution < -0.4 is 4.31 Å². The highest BCUT2D eigenvalue weighted by molar-refractivity contribution is 7.92. The van der Waals surface area contributed by atoms with E-state index in [-0.39, 0.29) is 5.91 Å². The third-order valence-electron chi connectivity index (χ3n) is 4.37. The number of sulfonamides is 1. The van der Waals surface area contributed by atoms with Crippen LogP contribution in [0.5, 0.6) is 0 Å². The molecule has 3 rings (SSSR count). The fourth-order valence-electron chi connectivity index (χ4n) is 3.07. The minimum absolute atomic E-state index is 0.165. The lowest BCUT2D eigenvalue weighted by atomic mass is 10.1. The van der Waals surface area contributed by atoms with Crippen LogP contribution in [0.3, 0.4) is 0 Å². The van der Waals surface area contributed by atoms with Gasteiger partial charge in [-0.05, 0) is 41.8 Å². The Bertz CT molecular complexity index is 976. The predicted molar refractivity (Wildman–Crippen MR) is 105 cm³/mol. The van der Waals surface area contributed by atoms with Gasteiger partial charge in [0.05, 0.1) is 22.0 Å². The standard InChI is InChI=1S/C18H18Cl2N2O3S/c1-21(11-14-4-3-5-15(19)17(14)20)18(23)13-6-7-16-12(10-13)8-9-22(16)26(2,24)25/h3-7,10H,8-9,11H2,1-2H3. The lowest BCUT2D eigenvalue weighted by Gasteiger charge is -2.20. The van der Waals surface area contributed by atoms with Crippen molar-refractivity contribution < 1.29 is 13.2 Å². The number of hydrogen-bond donors (Lipinski definition) is 0. The van der Waals surface area contributed by atoms with Gasteiger partial charge in [-0.25, -0.2) is 8.42 Å². The van der Waals surface area contributed by atoms with Crippen molar-refractivity contribution >= 4 is 44.8 Å². The molecule has 0 spiro atoms. The van der Waals surface area contributed by atoms with Gasteiger partial charge in [0.1, 0.15) is 0 Å². The summed E-state index contributed by atoms with van der Waals surface area (Å²) in [4.78, 5) is 14.3. The first-order chi connectivity index (χ1) is 12.2. The van der Waals surface area contributed by atoms with Crippen molar-refractivity contribution in [1.29, 1.82) is 0 Å². The summed E-state index contributed by atoms with van der Waals surface area (Å²) in [6.45, 7) is 0.727. The molecule has 138 valence electrons. The lowest BCUT2D eigenvalue weighted by molar-refractivity contribution is 0.0785. The average molecular weight is 413 g/mol. The third-order valence-corrected chi connectivity index (χ3v) is 6.40. The summed E-state index contributed by atoms with van der Waals surface area (Å²) in [7, 11) is -1.61. The number of fused-ring (bicyclic) bond motifs is 1. The van der Waals surface area contributed by atoms with Gasteiger partial charge >= 0.3 is 0 Å². The van der Waals surface area contributed by atoms with E-state index in [2.05, 4.69) is 0 Å². The van der Waals surface area contributed by atoms with Gasteiger partial charge in [0.15, 0.2) is 0 Å². The van der Waals surface area contributed by atoms with E-state index < -0.39 is 10.0 Å². The van der Waals surface area contributed by atoms with E-state index in [0.717, 1.165) is 11.1 Å². The van der Waals surface area contributed by atoms with E-state index >= 15 is 0 Å². The Morgan fingerprint density at radius 1 is 1.23 bits per heavy atom. The number of anilines is 1. The number of amides is 1. The second-order valence-electron chi connectivity index (χ2n) is 6.30. The van der Waals surface area contributed by atoms with Crippen LogP contribution >= 0.6 is 23.2 Å². The molecule has 0 fully saturated rings. The van der Waals surface area contributed by atoms with Gasteiger partial charge in [-0.1, -0.05) is 35.3 Å². The summed E-state index contributed by atoms with van der Waals surface area (Å²) in [6, 6.07) is 10.4. The van der Waals surface area contributed by atoms with E-state index in [9.17, 15) is 13.2 Å². The van der Waals surface area contributed by atoms with E-state index in [4.69, 9.17) is 23.2 Å². The maximum atomic E-state index is 12.7. The van der Waals surface area contributed by atoms with Crippen LogP contribution in [0, 0.1) is 0 Å². The zero-order valence-corrected chi connectivity index (χ0v) is 16.7. The highest BCUT2D eigenvalue weighted by atomic mass is 35.5. The van der Waals surface area contributed by atoms with Gasteiger partial charge in [-0.2, -0.15) is 0 Å². The van der Waals surface area contributed by atoms with Gasteiger partial charge in [0.25, 0.3) is 5.91 Å². The van der Waals surface area contributed by atoms with Gasteiger partial charge < -0.3 is 4.90 Å². The van der Waals surface area contributed by atoms with Crippen molar-refractivity contribution in [2.24, 2.45) is 0 Å². The number of carbonyl (C=O) groups excluding carboxylic acids is 1. The fourth-order valence-corrected chi connectivity index (χ4v) is 4.41. The first-order valence-corrected chi connectivity index (χ1v) is 10.6. The van der Waals surface area contributed by atoms with Gasteiger partial charge in [0, 0.05) is 25.7 Å². The van der Waals surface area contributed by atoms with E-state index in [1.807, 2.05) is 6.07 Å². The van der Waals surface area contributed by atoms with E-state index in [0.29, 0.717) is 40.8 Å². The second kappa shape index (κ2) is 7.10. The van der Waals surface area contributed by atoms with Crippen LogP contribution in [0.4, 0.5) is 5.69 Å². The molecule has 0 aromatic heterocycles. The van der Waals surface area contributed by atoms with E-state index in [1.54, 1.807) is 42.3 Å². The van der Waals surface area contributed by atoms with Crippen molar-refractivity contribution in [2.75, 3.05) is 24.2 Å². The monoisotopic (exact) mass is 412 g/mol. The molecule has 0 unspecified atom stereocenters. The van der Waals surface area contributed by atoms with Crippen LogP contribution in [0.25, 0.3) is 0 Å². The molecule has 0 saturated carbocycles. The second-order valence-corrected chi connectivity index (χ2v) is 8.99. The number of halogens is 2. The number of rotatable bonds is 4. The Kier molecular flexibility index (Phi) is 5.19. The fraction of sp³-hybridized carbons (Fsp3) is 0.278. The van der Waals surface area contributed by atoms with Crippen molar-refractivity contribution in [1.82, 2.24) is 4.90 Å². The van der Waals surface area contributed by atoms with Gasteiger partial charge in [-0.3, -0.25) is 9.10 Å². The molecule has 1 amide bonds. The average Bonchev–Trinajstić information content (AvgIpc) is 3.01. The third kappa shape index (κ3) is 3.68. The number of hydrogen-bond acceptors (Lipinski definition) is 3. The smallest absolute Gasteiger partial charge is 0.253 e. The molecule has 0 bridgehead atoms. The summed E-state index contributed by atoms with van der Waals surface area (Å²) in [5.74, 6) is -0.165. The molecule has 1 aliphatic heterocycles. The molecule has 0 N–H and O–H groups in total. The predicted octanol–water partition coefficient (Wildman–Crippen LogP) is 3.59. The molecule has 0 saturated heterocycles. The van der Waals surface area contributed by atoms with Gasteiger partial charge in [-0.15, -0.1) is 0 Å². The molecule has 2 aromatic rings. The number of benzene rings is 2. The van der Waals surface area contributed by atoms with Crippen LogP contribution in [-0.2, 0) is 23.0 Å². The molecular formula is C18H18Cl2N2O3S. The summed E-state index contributed by atoms with van der Waals surface area (Å²) in [5.41, 5.74) is 2.78. The molecule has 1 heterocycles. The van der Waals surface area contributed by atoms with Crippen molar-refractivity contribution in [2.45, 2.75) is 13.0 Å². The molecule has 0 aliphatic carbocycles. The lowest BCUT2D eigenvalue weighted by Crippen LogP contribution is -2.28. The van der Waals surface area contributed by atoms with Gasteiger partial charge in [0.2, 0.25) is 10.0 Å². The normalized spacial score (nSPS) is 13.6. The summed E-state index contributed by atoms with van der Waals surface area (Å²) in [6.07, 6.45) is 1.77. The molecule has 0 radical (unpaired) electrons. The topological polar surface area (TPSA) is 57.7 Å². The van der Waals surface area contributed by atoms with Crippen molar-refractivity contribution in [3.05, 3.63) is 63.1 Å². The summed E-state index contributed by atoms with van der Waals surface area (Å²) >= 11 is 12.2. The Labute approximate surface area is 163 Å². The largest absolute Gasteiger partial charge is 0.337 e. The number of nitrogens with zero attached hydrogens (tertiary/aromatic N) is 2. The molecule has 2 aromatic carbocycles. The minimum Gasteiger partial charge on any atom is -0.337 e. The maximum absolute atomic E-state index is 12.7. The Morgan fingerprint density at radius 2 is 1.96 bits per heavy atom. The van der Waals surface area contributed by atoms with Crippen LogP contribution in [0.1, 0.15) is 21.5 Å². The molecule has 0 atom stereocenters. The first-order valence-electron chi connectivity index (χ1n) is 7.97. The quantitative estimate of drug-likeness (QED) is 0.770. The molecule has 5 nitrogen and oxygen atoms in total. The summed E-state index contributed by atoms with van der Waals surface area (Å²) in [5, 5.41) is 0.884. The maximum Gasteiger partial charge on any atom is 0.253 e. The van der Waals surface area contributed by atoms with Crippen molar-refractivity contribution in [3.8, 4) is 0 Å². The Balaban J connectivity index is 1.81. The van der Waals surface area contributed by atoms with Crippen LogP contribution in [0.15, 0.2) is 36.4 Å². The first kappa shape index (κ1) is 19.0. The molecule has 8 heteroatoms. The Morgan fingerprint density at radius 3 is 2.65 bits per heavy atom. The van der Waals surface area contributed by atoms with Crippen molar-refractivity contribution in [3.63, 3.8) is 0 Å². The molecular weight excluding hydrogens is 395 g/mol. The zero-order valence-electron chi connectivity index (χ0n) is 14.4. The molecule has 1 aliphatic rings.